The molecule has 18 nitrogen and oxygen atoms in total. The molecule has 1 aromatic rings. The number of aromatic nitrogens is 3. The SMILES string of the molecule is C#CC(=O)OC.CC#N.CC#N.CN1CC[N+](C)=C1N=[N+]=[N-].COC(=O)c1cn(C23CC(C2)C3)nn1.Cl.NC12CC(C1)C2.[N-]=[N+]=NC12CC(C1)C2. The van der Waals surface area contributed by atoms with Gasteiger partial charge in [0.1, 0.15) is 0 Å². The number of hydrogen-bond donors (Lipinski definition) is 1. The molecule has 0 amide bonds. The molecule has 0 radical (unpaired) electrons. The van der Waals surface area contributed by atoms with Gasteiger partial charge in [0.05, 0.1) is 65.3 Å². The lowest BCUT2D eigenvalue weighted by molar-refractivity contribution is -0.487. The fourth-order valence-electron chi connectivity index (χ4n) is 6.65. The Kier molecular flexibility index (Phi) is 17.2. The standard InChI is InChI=1S/C9H11N3O2.C5H10N5.C5H7N3.C5H9N.C4H4O2.2C2H3N.ClH/c1-14-8(13)7-5-12(11-10-7)9-2-6(3-9)4-9;1-9-3-4-10(2)5(9)7-8-6;6-8-7-5-1-4(2-5)3-5;6-5-1-4(2-5)3-5;1-3-4(5)6-2;2*1-2-3;/h5-6H,2-4H2,1H3;3-4H2,1-2H3;4H,1-3H2;4H,1-3,6H2;1H,2H3;2*1H3;1H/q;+1;;;;;;. The Morgan fingerprint density at radius 2 is 1.51 bits per heavy atom. The summed E-state index contributed by atoms with van der Waals surface area (Å²) in [4.78, 5) is 28.3. The van der Waals surface area contributed by atoms with Crippen molar-refractivity contribution in [3.05, 3.63) is 32.8 Å². The minimum atomic E-state index is -0.630. The number of esters is 2. The maximum Gasteiger partial charge on any atom is 0.383 e. The molecule has 0 atom stereocenters. The normalized spacial score (nSPS) is 28.5. The maximum absolute atomic E-state index is 11.1. The highest BCUT2D eigenvalue weighted by molar-refractivity contribution is 5.87. The van der Waals surface area contributed by atoms with Crippen LogP contribution >= 0.6 is 12.4 Å². The van der Waals surface area contributed by atoms with Crippen LogP contribution in [0.4, 0.5) is 0 Å². The lowest BCUT2D eigenvalue weighted by Gasteiger charge is -2.61. The molecule has 0 unspecified atom stereocenters. The average Bonchev–Trinajstić information content (AvgIpc) is 3.59. The lowest BCUT2D eigenvalue weighted by Crippen LogP contribution is -2.64. The van der Waals surface area contributed by atoms with Crippen molar-refractivity contribution in [2.24, 2.45) is 33.7 Å². The monoisotopic (exact) mass is 727 g/mol. The van der Waals surface area contributed by atoms with E-state index in [1.54, 1.807) is 24.3 Å². The Balaban J connectivity index is 0.000000315. The number of halogens is 1. The number of methoxy groups -OCH3 is 2. The van der Waals surface area contributed by atoms with Gasteiger partial charge in [0.15, 0.2) is 5.69 Å². The van der Waals surface area contributed by atoms with Gasteiger partial charge in [-0.2, -0.15) is 10.5 Å². The molecule has 11 rings (SSSR count). The first-order chi connectivity index (χ1) is 23.8. The van der Waals surface area contributed by atoms with Gasteiger partial charge in [0, 0.05) is 45.8 Å². The van der Waals surface area contributed by atoms with Crippen LogP contribution in [0.1, 0.15) is 82.1 Å². The molecule has 2 heterocycles. The Hall–Kier alpha value is -5.04. The minimum Gasteiger partial charge on any atom is -0.464 e. The number of nitriles is 2. The van der Waals surface area contributed by atoms with E-state index in [1.807, 2.05) is 28.3 Å². The number of carbonyl (C=O) groups is 2. The van der Waals surface area contributed by atoms with Crippen molar-refractivity contribution in [2.45, 2.75) is 88.3 Å². The summed E-state index contributed by atoms with van der Waals surface area (Å²) in [6.45, 7) is 4.73. The fraction of sp³-hybridized carbons (Fsp3) is 0.719. The molecule has 0 aromatic carbocycles. The van der Waals surface area contributed by atoms with E-state index < -0.39 is 11.9 Å². The zero-order chi connectivity index (χ0) is 37.5. The zero-order valence-electron chi connectivity index (χ0n) is 30.1. The zero-order valence-corrected chi connectivity index (χ0v) is 30.9. The fourth-order valence-corrected chi connectivity index (χ4v) is 6.65. The third-order valence-corrected chi connectivity index (χ3v) is 9.62. The molecule has 0 spiro atoms. The number of azide groups is 2. The van der Waals surface area contributed by atoms with Crippen molar-refractivity contribution in [1.29, 1.82) is 10.5 Å². The Labute approximate surface area is 304 Å². The summed E-state index contributed by atoms with van der Waals surface area (Å²) in [6, 6.07) is 3.50. The van der Waals surface area contributed by atoms with E-state index in [-0.39, 0.29) is 23.5 Å². The van der Waals surface area contributed by atoms with E-state index in [0.717, 1.165) is 50.1 Å². The molecule has 9 aliphatic carbocycles. The van der Waals surface area contributed by atoms with Crippen molar-refractivity contribution in [3.63, 3.8) is 0 Å². The molecule has 1 aliphatic heterocycles. The maximum atomic E-state index is 11.1. The van der Waals surface area contributed by atoms with Gasteiger partial charge < -0.3 is 15.2 Å². The molecule has 1 aromatic heterocycles. The van der Waals surface area contributed by atoms with Crippen LogP contribution in [0, 0.1) is 52.8 Å². The third-order valence-electron chi connectivity index (χ3n) is 9.62. The number of rotatable bonds is 3. The first-order valence-corrected chi connectivity index (χ1v) is 16.1. The number of nitrogens with two attached hydrogens (primary N) is 1. The first-order valence-electron chi connectivity index (χ1n) is 16.1. The molecular weight excluding hydrogens is 680 g/mol. The molecule has 10 aliphatic rings. The molecule has 51 heavy (non-hydrogen) atoms. The van der Waals surface area contributed by atoms with E-state index in [0.29, 0.717) is 17.2 Å². The summed E-state index contributed by atoms with van der Waals surface area (Å²) in [5, 5.41) is 29.7. The van der Waals surface area contributed by atoms with Crippen molar-refractivity contribution in [3.8, 4) is 24.5 Å². The van der Waals surface area contributed by atoms with Crippen LogP contribution in [0.3, 0.4) is 0 Å². The molecule has 19 heteroatoms. The molecular formula is C32H48ClN14O4+. The minimum absolute atomic E-state index is 0. The summed E-state index contributed by atoms with van der Waals surface area (Å²) in [6.07, 6.45) is 17.3. The molecule has 6 bridgehead atoms. The first kappa shape index (κ1) is 44.0. The van der Waals surface area contributed by atoms with Crippen LogP contribution < -0.4 is 5.73 Å². The largest absolute Gasteiger partial charge is 0.464 e. The Morgan fingerprint density at radius 3 is 1.75 bits per heavy atom. The van der Waals surface area contributed by atoms with Gasteiger partial charge in [-0.15, -0.1) is 23.9 Å². The second kappa shape index (κ2) is 20.0. The summed E-state index contributed by atoms with van der Waals surface area (Å²) < 4.78 is 12.4. The molecule has 9 saturated carbocycles. The van der Waals surface area contributed by atoms with Crippen LogP contribution in [0.2, 0.25) is 0 Å². The number of terminal acetylenes is 1. The predicted molar refractivity (Wildman–Crippen MR) is 189 cm³/mol. The van der Waals surface area contributed by atoms with E-state index in [9.17, 15) is 9.59 Å². The Bertz CT molecular complexity index is 1560. The quantitative estimate of drug-likeness (QED) is 0.0870. The number of likely N-dealkylation sites (N-methyl/N-ethyl adjacent to an activating group) is 2. The predicted octanol–water partition coefficient (Wildman–Crippen LogP) is 4.44. The summed E-state index contributed by atoms with van der Waals surface area (Å²) >= 11 is 0. The number of ether oxygens (including phenoxy) is 2. The second-order valence-electron chi connectivity index (χ2n) is 13.4. The van der Waals surface area contributed by atoms with Crippen LogP contribution in [-0.2, 0) is 19.8 Å². The van der Waals surface area contributed by atoms with Crippen molar-refractivity contribution in [2.75, 3.05) is 41.4 Å². The number of hydrogen-bond acceptors (Lipinski definition) is 12. The van der Waals surface area contributed by atoms with E-state index in [2.05, 4.69) is 46.3 Å². The van der Waals surface area contributed by atoms with Crippen LogP contribution in [-0.4, -0.2) is 94.8 Å². The van der Waals surface area contributed by atoms with E-state index in [1.165, 1.54) is 66.6 Å². The molecule has 276 valence electrons. The molecule has 9 fully saturated rings. The highest BCUT2D eigenvalue weighted by Crippen LogP contribution is 2.62. The van der Waals surface area contributed by atoms with Gasteiger partial charge in [0.2, 0.25) is 0 Å². The van der Waals surface area contributed by atoms with E-state index >= 15 is 0 Å². The summed E-state index contributed by atoms with van der Waals surface area (Å²) in [5.41, 5.74) is 22.9. The average molecular weight is 728 g/mol. The van der Waals surface area contributed by atoms with Crippen LogP contribution in [0.5, 0.6) is 0 Å². The van der Waals surface area contributed by atoms with Crippen LogP contribution in [0.15, 0.2) is 16.4 Å². The third kappa shape index (κ3) is 11.5. The van der Waals surface area contributed by atoms with Crippen LogP contribution in [0.25, 0.3) is 20.9 Å². The van der Waals surface area contributed by atoms with Gasteiger partial charge in [-0.3, -0.25) is 9.48 Å². The highest BCUT2D eigenvalue weighted by Gasteiger charge is 2.59. The second-order valence-corrected chi connectivity index (χ2v) is 13.4. The van der Waals surface area contributed by atoms with Gasteiger partial charge in [-0.05, 0) is 86.6 Å². The Morgan fingerprint density at radius 1 is 1.02 bits per heavy atom. The highest BCUT2D eigenvalue weighted by atomic mass is 35.5. The van der Waals surface area contributed by atoms with Crippen molar-refractivity contribution < 1.29 is 23.6 Å². The number of carbonyl (C=O) groups excluding carboxylic acids is 2. The van der Waals surface area contributed by atoms with Gasteiger partial charge in [-0.25, -0.2) is 14.3 Å². The number of nitrogens with zero attached hydrogens (tertiary/aromatic N) is 13. The van der Waals surface area contributed by atoms with Gasteiger partial charge >= 0.3 is 11.9 Å². The van der Waals surface area contributed by atoms with Gasteiger partial charge in [0.25, 0.3) is 5.96 Å². The summed E-state index contributed by atoms with van der Waals surface area (Å²) in [5.74, 6) is 4.28. The topological polar surface area (TPSA) is 261 Å². The summed E-state index contributed by atoms with van der Waals surface area (Å²) in [7, 11) is 6.41. The number of guanidine groups is 1. The van der Waals surface area contributed by atoms with Crippen molar-refractivity contribution >= 4 is 30.3 Å². The van der Waals surface area contributed by atoms with Gasteiger partial charge in [-0.1, -0.05) is 10.3 Å². The molecule has 2 N–H and O–H groups in total. The van der Waals surface area contributed by atoms with Crippen molar-refractivity contribution in [1.82, 2.24) is 19.9 Å². The van der Waals surface area contributed by atoms with E-state index in [4.69, 9.17) is 27.3 Å². The lowest BCUT2D eigenvalue weighted by atomic mass is 9.50. The smallest absolute Gasteiger partial charge is 0.383 e. The molecule has 0 saturated heterocycles.